The van der Waals surface area contributed by atoms with E-state index in [9.17, 15) is 9.90 Å². The first-order chi connectivity index (χ1) is 5.24. The summed E-state index contributed by atoms with van der Waals surface area (Å²) in [5.74, 6) is -1.13. The zero-order valence-corrected chi connectivity index (χ0v) is 6.85. The maximum atomic E-state index is 10.3. The van der Waals surface area contributed by atoms with Gasteiger partial charge in [0.1, 0.15) is 0 Å². The second-order valence-corrected chi connectivity index (χ2v) is 2.90. The van der Waals surface area contributed by atoms with Gasteiger partial charge in [0.15, 0.2) is 0 Å². The fraction of sp³-hybridized carbons (Fsp3) is 0.125. The van der Waals surface area contributed by atoms with Crippen molar-refractivity contribution < 1.29 is 9.90 Å². The molecule has 0 aliphatic heterocycles. The van der Waals surface area contributed by atoms with Crippen molar-refractivity contribution in [3.63, 3.8) is 0 Å². The Hall–Kier alpha value is -0.960. The van der Waals surface area contributed by atoms with Crippen molar-refractivity contribution in [2.45, 2.75) is 4.90 Å². The van der Waals surface area contributed by atoms with E-state index in [4.69, 9.17) is 0 Å². The lowest BCUT2D eigenvalue weighted by molar-refractivity contribution is 0.0573. The van der Waals surface area contributed by atoms with Gasteiger partial charge in [-0.2, -0.15) is 0 Å². The second kappa shape index (κ2) is 3.44. The highest BCUT2D eigenvalue weighted by Crippen LogP contribution is 2.14. The van der Waals surface area contributed by atoms with Crippen LogP contribution < -0.4 is 0 Å². The third kappa shape index (κ3) is 1.98. The quantitative estimate of drug-likeness (QED) is 0.631. The molecule has 0 fully saturated rings. The molecule has 0 atom stereocenters. The smallest absolute Gasteiger partial charge is 0.242 e. The number of hydrogen-bond acceptors (Lipinski definition) is 2. The third-order valence-corrected chi connectivity index (χ3v) is 2.07. The van der Waals surface area contributed by atoms with Gasteiger partial charge in [0, 0.05) is 4.90 Å². The highest BCUT2D eigenvalue weighted by atomic mass is 32.2. The van der Waals surface area contributed by atoms with E-state index in [1.807, 2.05) is 6.26 Å². The molecule has 0 saturated heterocycles. The summed E-state index contributed by atoms with van der Waals surface area (Å²) in [6, 6.07) is 6.61. The Bertz CT molecular complexity index is 253. The Kier molecular flexibility index (Phi) is 2.54. The molecule has 0 amide bonds. The predicted octanol–water partition coefficient (Wildman–Crippen LogP) is 1.98. The van der Waals surface area contributed by atoms with Crippen LogP contribution >= 0.6 is 11.8 Å². The number of carbonyl (C=O) groups excluding carboxylic acids is 1. The fourth-order valence-electron chi connectivity index (χ4n) is 0.727. The van der Waals surface area contributed by atoms with Gasteiger partial charge in [-0.25, -0.2) is 9.90 Å². The lowest BCUT2D eigenvalue weighted by Gasteiger charge is -1.94. The molecule has 11 heavy (non-hydrogen) atoms. The van der Waals surface area contributed by atoms with E-state index in [1.165, 1.54) is 0 Å². The Balaban J connectivity index is 2.91. The summed E-state index contributed by atoms with van der Waals surface area (Å²) < 4.78 is 0. The summed E-state index contributed by atoms with van der Waals surface area (Å²) in [5.41, 5.74) is 0.225. The van der Waals surface area contributed by atoms with Gasteiger partial charge in [-0.1, -0.05) is 0 Å². The van der Waals surface area contributed by atoms with Crippen LogP contribution in [0.4, 0.5) is 0 Å². The summed E-state index contributed by atoms with van der Waals surface area (Å²) in [5, 5.41) is 10.3. The SMILES string of the molecule is CSc1ccc(C([O])=O)cc1. The van der Waals surface area contributed by atoms with E-state index in [1.54, 1.807) is 36.0 Å². The van der Waals surface area contributed by atoms with Gasteiger partial charge >= 0.3 is 5.97 Å². The maximum absolute atomic E-state index is 10.3. The van der Waals surface area contributed by atoms with Gasteiger partial charge in [0.05, 0.1) is 5.56 Å². The average Bonchev–Trinajstić information content (AvgIpc) is 2.05. The molecular formula is C8H7O2S. The first-order valence-electron chi connectivity index (χ1n) is 3.09. The molecular weight excluding hydrogens is 160 g/mol. The molecule has 1 aromatic rings. The first kappa shape index (κ1) is 8.14. The number of hydrogen-bond donors (Lipinski definition) is 0. The van der Waals surface area contributed by atoms with Gasteiger partial charge < -0.3 is 0 Å². The minimum atomic E-state index is -1.13. The molecule has 3 heteroatoms. The Morgan fingerprint density at radius 1 is 1.27 bits per heavy atom. The zero-order chi connectivity index (χ0) is 8.27. The number of carbonyl (C=O) groups is 1. The lowest BCUT2D eigenvalue weighted by atomic mass is 10.2. The molecule has 0 aromatic heterocycles. The van der Waals surface area contributed by atoms with Crippen LogP contribution in [0.25, 0.3) is 0 Å². The maximum Gasteiger partial charge on any atom is 0.386 e. The van der Waals surface area contributed by atoms with Gasteiger partial charge in [-0.3, -0.25) is 0 Å². The molecule has 1 radical (unpaired) electrons. The Morgan fingerprint density at radius 3 is 2.18 bits per heavy atom. The van der Waals surface area contributed by atoms with Crippen LogP contribution in [-0.2, 0) is 5.11 Å². The molecule has 0 spiro atoms. The standard InChI is InChI=1S/C8H7O2S/c1-11-7-4-2-6(3-5-7)8(9)10/h2-5H,1H3. The molecule has 57 valence electrons. The van der Waals surface area contributed by atoms with E-state index in [0.29, 0.717) is 0 Å². The van der Waals surface area contributed by atoms with Crippen molar-refractivity contribution in [2.75, 3.05) is 6.26 Å². The fourth-order valence-corrected chi connectivity index (χ4v) is 1.14. The van der Waals surface area contributed by atoms with E-state index in [2.05, 4.69) is 0 Å². The Labute approximate surface area is 69.2 Å². The summed E-state index contributed by atoms with van der Waals surface area (Å²) in [6.07, 6.45) is 1.94. The molecule has 0 saturated carbocycles. The van der Waals surface area contributed by atoms with Crippen molar-refractivity contribution in [2.24, 2.45) is 0 Å². The monoisotopic (exact) mass is 167 g/mol. The van der Waals surface area contributed by atoms with Crippen molar-refractivity contribution >= 4 is 17.7 Å². The molecule has 0 heterocycles. The minimum Gasteiger partial charge on any atom is -0.242 e. The van der Waals surface area contributed by atoms with Gasteiger partial charge in [-0.15, -0.1) is 11.8 Å². The number of thioether (sulfide) groups is 1. The number of rotatable bonds is 2. The third-order valence-electron chi connectivity index (χ3n) is 1.33. The normalized spacial score (nSPS) is 9.55. The highest BCUT2D eigenvalue weighted by molar-refractivity contribution is 7.98. The molecule has 1 rings (SSSR count). The summed E-state index contributed by atoms with van der Waals surface area (Å²) in [7, 11) is 0. The van der Waals surface area contributed by atoms with E-state index in [0.717, 1.165) is 4.90 Å². The van der Waals surface area contributed by atoms with Crippen LogP contribution in [0.3, 0.4) is 0 Å². The van der Waals surface area contributed by atoms with E-state index >= 15 is 0 Å². The van der Waals surface area contributed by atoms with Crippen LogP contribution in [0.1, 0.15) is 10.4 Å². The molecule has 0 aliphatic rings. The molecule has 1 aromatic carbocycles. The molecule has 0 N–H and O–H groups in total. The predicted molar refractivity (Wildman–Crippen MR) is 43.2 cm³/mol. The van der Waals surface area contributed by atoms with Crippen LogP contribution in [0.15, 0.2) is 29.2 Å². The lowest BCUT2D eigenvalue weighted by Crippen LogP contribution is -1.92. The molecule has 2 nitrogen and oxygen atoms in total. The Morgan fingerprint density at radius 2 is 1.82 bits per heavy atom. The highest BCUT2D eigenvalue weighted by Gasteiger charge is 2.02. The average molecular weight is 167 g/mol. The second-order valence-electron chi connectivity index (χ2n) is 2.02. The van der Waals surface area contributed by atoms with Crippen molar-refractivity contribution in [1.29, 1.82) is 0 Å². The minimum absolute atomic E-state index is 0.225. The van der Waals surface area contributed by atoms with Crippen molar-refractivity contribution in [3.8, 4) is 0 Å². The zero-order valence-electron chi connectivity index (χ0n) is 6.03. The summed E-state index contributed by atoms with van der Waals surface area (Å²) in [6.45, 7) is 0. The van der Waals surface area contributed by atoms with Crippen LogP contribution in [0.2, 0.25) is 0 Å². The molecule has 0 unspecified atom stereocenters. The summed E-state index contributed by atoms with van der Waals surface area (Å²) in [4.78, 5) is 11.3. The largest absolute Gasteiger partial charge is 0.386 e. The first-order valence-corrected chi connectivity index (χ1v) is 4.32. The van der Waals surface area contributed by atoms with Crippen LogP contribution in [0, 0.1) is 0 Å². The van der Waals surface area contributed by atoms with Crippen LogP contribution in [0.5, 0.6) is 0 Å². The van der Waals surface area contributed by atoms with Gasteiger partial charge in [0.2, 0.25) is 0 Å². The number of benzene rings is 1. The van der Waals surface area contributed by atoms with Gasteiger partial charge in [-0.05, 0) is 30.5 Å². The topological polar surface area (TPSA) is 37.0 Å². The van der Waals surface area contributed by atoms with Gasteiger partial charge in [0.25, 0.3) is 0 Å². The van der Waals surface area contributed by atoms with E-state index in [-0.39, 0.29) is 5.56 Å². The molecule has 0 bridgehead atoms. The van der Waals surface area contributed by atoms with Crippen LogP contribution in [-0.4, -0.2) is 12.2 Å². The molecule has 0 aliphatic carbocycles. The summed E-state index contributed by atoms with van der Waals surface area (Å²) >= 11 is 1.58. The van der Waals surface area contributed by atoms with E-state index < -0.39 is 5.97 Å². The van der Waals surface area contributed by atoms with Crippen molar-refractivity contribution in [3.05, 3.63) is 29.8 Å². The van der Waals surface area contributed by atoms with Crippen molar-refractivity contribution in [1.82, 2.24) is 0 Å².